The van der Waals surface area contributed by atoms with Gasteiger partial charge < -0.3 is 10.6 Å². The molecule has 0 aromatic heterocycles. The Morgan fingerprint density at radius 2 is 1.88 bits per heavy atom. The van der Waals surface area contributed by atoms with Crippen LogP contribution in [0.1, 0.15) is 41.6 Å². The fraction of sp³-hybridized carbons (Fsp3) is 0.588. The van der Waals surface area contributed by atoms with Crippen LogP contribution in [0.4, 0.5) is 0 Å². The molecule has 7 heteroatoms. The van der Waals surface area contributed by atoms with Gasteiger partial charge in [0.2, 0.25) is 10.0 Å². The zero-order chi connectivity index (χ0) is 17.3. The molecule has 6 nitrogen and oxygen atoms in total. The molecule has 2 saturated heterocycles. The van der Waals surface area contributed by atoms with Crippen LogP contribution in [-0.2, 0) is 10.0 Å². The molecule has 1 aromatic carbocycles. The quantitative estimate of drug-likeness (QED) is 0.891. The summed E-state index contributed by atoms with van der Waals surface area (Å²) in [6.07, 6.45) is 3.64. The molecule has 0 bridgehead atoms. The second-order valence-electron chi connectivity index (χ2n) is 6.74. The van der Waals surface area contributed by atoms with E-state index in [0.29, 0.717) is 37.3 Å². The van der Waals surface area contributed by atoms with Crippen molar-refractivity contribution in [1.82, 2.24) is 9.21 Å². The van der Waals surface area contributed by atoms with Crippen molar-refractivity contribution < 1.29 is 13.2 Å². The standard InChI is InChI=1S/C17H25N3O3S/c1-13-5-6-14(17(21)19-10-7-15(18)12-19)11-16(13)24(22,23)20-8-3-2-4-9-20/h5-6,11,15H,2-4,7-10,12,18H2,1H3/t15-/m1/s1. The SMILES string of the molecule is Cc1ccc(C(=O)N2CC[C@@H](N)C2)cc1S(=O)(=O)N1CCCCC1. The lowest BCUT2D eigenvalue weighted by atomic mass is 10.1. The second kappa shape index (κ2) is 6.82. The van der Waals surface area contributed by atoms with Crippen molar-refractivity contribution in [1.29, 1.82) is 0 Å². The molecular formula is C17H25N3O3S. The predicted molar refractivity (Wildman–Crippen MR) is 92.3 cm³/mol. The molecule has 24 heavy (non-hydrogen) atoms. The first kappa shape index (κ1) is 17.4. The van der Waals surface area contributed by atoms with Gasteiger partial charge in [-0.2, -0.15) is 4.31 Å². The molecule has 0 aliphatic carbocycles. The Hall–Kier alpha value is -1.44. The van der Waals surface area contributed by atoms with Crippen LogP contribution in [0.5, 0.6) is 0 Å². The minimum absolute atomic E-state index is 0.0101. The van der Waals surface area contributed by atoms with Gasteiger partial charge in [-0.3, -0.25) is 4.79 Å². The molecule has 2 N–H and O–H groups in total. The summed E-state index contributed by atoms with van der Waals surface area (Å²) >= 11 is 0. The minimum atomic E-state index is -3.55. The fourth-order valence-corrected chi connectivity index (χ4v) is 5.18. The van der Waals surface area contributed by atoms with Crippen LogP contribution >= 0.6 is 0 Å². The highest BCUT2D eigenvalue weighted by Gasteiger charge is 2.30. The van der Waals surface area contributed by atoms with Crippen molar-refractivity contribution in [3.63, 3.8) is 0 Å². The van der Waals surface area contributed by atoms with Crippen LogP contribution in [0, 0.1) is 6.92 Å². The molecule has 0 radical (unpaired) electrons. The van der Waals surface area contributed by atoms with Gasteiger partial charge in [0.25, 0.3) is 5.91 Å². The van der Waals surface area contributed by atoms with Gasteiger partial charge in [0.15, 0.2) is 0 Å². The Morgan fingerprint density at radius 3 is 2.50 bits per heavy atom. The third kappa shape index (κ3) is 3.34. The number of amides is 1. The van der Waals surface area contributed by atoms with Crippen LogP contribution in [0.15, 0.2) is 23.1 Å². The van der Waals surface area contributed by atoms with Crippen LogP contribution in [0.25, 0.3) is 0 Å². The fourth-order valence-electron chi connectivity index (χ4n) is 3.41. The number of hydrogen-bond donors (Lipinski definition) is 1. The molecule has 2 aliphatic heterocycles. The van der Waals surface area contributed by atoms with Crippen LogP contribution in [0.2, 0.25) is 0 Å². The number of rotatable bonds is 3. The molecule has 2 heterocycles. The van der Waals surface area contributed by atoms with E-state index in [1.807, 2.05) is 0 Å². The number of hydrogen-bond acceptors (Lipinski definition) is 4. The topological polar surface area (TPSA) is 83.7 Å². The summed E-state index contributed by atoms with van der Waals surface area (Å²) in [5.74, 6) is -0.141. The number of carbonyl (C=O) groups excluding carboxylic acids is 1. The maximum atomic E-state index is 12.9. The highest BCUT2D eigenvalue weighted by atomic mass is 32.2. The predicted octanol–water partition coefficient (Wildman–Crippen LogP) is 1.34. The number of nitrogens with two attached hydrogens (primary N) is 1. The highest BCUT2D eigenvalue weighted by molar-refractivity contribution is 7.89. The average molecular weight is 351 g/mol. The van der Waals surface area contributed by atoms with Gasteiger partial charge >= 0.3 is 0 Å². The van der Waals surface area contributed by atoms with E-state index in [-0.39, 0.29) is 16.8 Å². The number of benzene rings is 1. The van der Waals surface area contributed by atoms with Crippen LogP contribution in [-0.4, -0.2) is 55.8 Å². The van der Waals surface area contributed by atoms with E-state index in [2.05, 4.69) is 0 Å². The van der Waals surface area contributed by atoms with E-state index in [1.165, 1.54) is 6.07 Å². The first-order chi connectivity index (χ1) is 11.4. The summed E-state index contributed by atoms with van der Waals surface area (Å²) in [7, 11) is -3.55. The van der Waals surface area contributed by atoms with Crippen molar-refractivity contribution in [2.24, 2.45) is 5.73 Å². The number of aryl methyl sites for hydroxylation is 1. The largest absolute Gasteiger partial charge is 0.337 e. The average Bonchev–Trinajstić information content (AvgIpc) is 3.02. The Morgan fingerprint density at radius 1 is 1.17 bits per heavy atom. The zero-order valence-corrected chi connectivity index (χ0v) is 14.9. The van der Waals surface area contributed by atoms with Gasteiger partial charge in [0, 0.05) is 37.8 Å². The molecular weight excluding hydrogens is 326 g/mol. The minimum Gasteiger partial charge on any atom is -0.337 e. The third-order valence-electron chi connectivity index (χ3n) is 4.88. The first-order valence-corrected chi connectivity index (χ1v) is 9.99. The molecule has 0 unspecified atom stereocenters. The van der Waals surface area contributed by atoms with Crippen LogP contribution in [0.3, 0.4) is 0 Å². The lowest BCUT2D eigenvalue weighted by molar-refractivity contribution is 0.0790. The van der Waals surface area contributed by atoms with E-state index in [9.17, 15) is 13.2 Å². The summed E-state index contributed by atoms with van der Waals surface area (Å²) in [5, 5.41) is 0. The van der Waals surface area contributed by atoms with Crippen molar-refractivity contribution in [3.05, 3.63) is 29.3 Å². The number of likely N-dealkylation sites (tertiary alicyclic amines) is 1. The molecule has 2 aliphatic rings. The highest BCUT2D eigenvalue weighted by Crippen LogP contribution is 2.25. The van der Waals surface area contributed by atoms with Gasteiger partial charge in [0.05, 0.1) is 4.90 Å². The monoisotopic (exact) mass is 351 g/mol. The molecule has 1 aromatic rings. The van der Waals surface area contributed by atoms with E-state index >= 15 is 0 Å². The summed E-state index contributed by atoms with van der Waals surface area (Å²) < 4.78 is 27.4. The maximum absolute atomic E-state index is 12.9. The van der Waals surface area contributed by atoms with Gasteiger partial charge in [-0.15, -0.1) is 0 Å². The molecule has 3 rings (SSSR count). The smallest absolute Gasteiger partial charge is 0.253 e. The number of carbonyl (C=O) groups is 1. The van der Waals surface area contributed by atoms with E-state index in [0.717, 1.165) is 25.7 Å². The number of sulfonamides is 1. The molecule has 0 saturated carbocycles. The van der Waals surface area contributed by atoms with E-state index < -0.39 is 10.0 Å². The zero-order valence-electron chi connectivity index (χ0n) is 14.1. The van der Waals surface area contributed by atoms with Crippen molar-refractivity contribution in [2.45, 2.75) is 43.5 Å². The Kier molecular flexibility index (Phi) is 4.94. The summed E-state index contributed by atoms with van der Waals surface area (Å²) in [6, 6.07) is 4.97. The van der Waals surface area contributed by atoms with E-state index in [1.54, 1.807) is 28.3 Å². The summed E-state index contributed by atoms with van der Waals surface area (Å²) in [4.78, 5) is 14.6. The lowest BCUT2D eigenvalue weighted by Crippen LogP contribution is -2.36. The molecule has 1 amide bonds. The summed E-state index contributed by atoms with van der Waals surface area (Å²) in [5.41, 5.74) is 6.96. The second-order valence-corrected chi connectivity index (χ2v) is 8.65. The first-order valence-electron chi connectivity index (χ1n) is 8.55. The van der Waals surface area contributed by atoms with E-state index in [4.69, 9.17) is 5.73 Å². The number of nitrogens with zero attached hydrogens (tertiary/aromatic N) is 2. The van der Waals surface area contributed by atoms with Gasteiger partial charge in [0.1, 0.15) is 0 Å². The van der Waals surface area contributed by atoms with Gasteiger partial charge in [-0.1, -0.05) is 12.5 Å². The van der Waals surface area contributed by atoms with Crippen molar-refractivity contribution >= 4 is 15.9 Å². The van der Waals surface area contributed by atoms with Crippen molar-refractivity contribution in [3.8, 4) is 0 Å². The number of piperidine rings is 1. The molecule has 132 valence electrons. The summed E-state index contributed by atoms with van der Waals surface area (Å²) in [6.45, 7) is 4.04. The molecule has 2 fully saturated rings. The van der Waals surface area contributed by atoms with Gasteiger partial charge in [-0.25, -0.2) is 8.42 Å². The Balaban J connectivity index is 1.90. The Bertz CT molecular complexity index is 727. The normalized spacial score (nSPS) is 22.8. The Labute approximate surface area is 143 Å². The third-order valence-corrected chi connectivity index (χ3v) is 6.92. The van der Waals surface area contributed by atoms with Crippen molar-refractivity contribution in [2.75, 3.05) is 26.2 Å². The molecule has 0 spiro atoms. The molecule has 1 atom stereocenters. The van der Waals surface area contributed by atoms with Gasteiger partial charge in [-0.05, 0) is 43.9 Å². The lowest BCUT2D eigenvalue weighted by Gasteiger charge is -2.27. The van der Waals surface area contributed by atoms with Crippen LogP contribution < -0.4 is 5.73 Å². The maximum Gasteiger partial charge on any atom is 0.253 e.